The number of primary sulfonamides is 1. The Morgan fingerprint density at radius 2 is 1.50 bits per heavy atom. The number of nitrogens with one attached hydrogen (secondary N) is 1. The summed E-state index contributed by atoms with van der Waals surface area (Å²) in [4.78, 5) is 14.8. The van der Waals surface area contributed by atoms with Crippen molar-refractivity contribution >= 4 is 15.9 Å². The molecule has 3 rings (SSSR count). The zero-order valence-corrected chi connectivity index (χ0v) is 18.5. The van der Waals surface area contributed by atoms with Crippen LogP contribution in [0.3, 0.4) is 0 Å². The van der Waals surface area contributed by atoms with Crippen LogP contribution in [0.4, 0.5) is 0 Å². The summed E-state index contributed by atoms with van der Waals surface area (Å²) in [5.41, 5.74) is 3.08. The van der Waals surface area contributed by atoms with E-state index in [2.05, 4.69) is 48.3 Å². The second-order valence-corrected chi connectivity index (χ2v) is 10.2. The highest BCUT2D eigenvalue weighted by Gasteiger charge is 2.21. The summed E-state index contributed by atoms with van der Waals surface area (Å²) < 4.78 is 22.6. The molecular formula is C23H31N3O3S. The van der Waals surface area contributed by atoms with Crippen LogP contribution >= 0.6 is 0 Å². The molecule has 1 aliphatic rings. The Morgan fingerprint density at radius 1 is 0.967 bits per heavy atom. The van der Waals surface area contributed by atoms with Crippen molar-refractivity contribution in [2.45, 2.75) is 44.7 Å². The number of carbonyl (C=O) groups is 1. The van der Waals surface area contributed by atoms with Crippen LogP contribution in [0.2, 0.25) is 0 Å². The van der Waals surface area contributed by atoms with E-state index in [1.807, 2.05) is 0 Å². The molecule has 2 unspecified atom stereocenters. The number of nitrogens with two attached hydrogens (primary N) is 1. The molecular weight excluding hydrogens is 398 g/mol. The first-order valence-electron chi connectivity index (χ1n) is 10.4. The molecule has 2 aromatic rings. The van der Waals surface area contributed by atoms with Gasteiger partial charge in [-0.1, -0.05) is 50.2 Å². The van der Waals surface area contributed by atoms with E-state index in [9.17, 15) is 13.2 Å². The third-order valence-electron chi connectivity index (χ3n) is 5.48. The molecule has 0 bridgehead atoms. The Bertz CT molecular complexity index is 946. The van der Waals surface area contributed by atoms with E-state index in [0.717, 1.165) is 42.6 Å². The van der Waals surface area contributed by atoms with Crippen LogP contribution < -0.4 is 10.5 Å². The van der Waals surface area contributed by atoms with E-state index < -0.39 is 10.0 Å². The molecule has 0 aliphatic carbocycles. The van der Waals surface area contributed by atoms with Gasteiger partial charge in [0.1, 0.15) is 0 Å². The van der Waals surface area contributed by atoms with E-state index in [1.54, 1.807) is 12.1 Å². The van der Waals surface area contributed by atoms with Gasteiger partial charge in [0.2, 0.25) is 15.9 Å². The van der Waals surface area contributed by atoms with Gasteiger partial charge in [-0.2, -0.15) is 0 Å². The summed E-state index contributed by atoms with van der Waals surface area (Å²) in [6.45, 7) is 8.38. The topological polar surface area (TPSA) is 92.5 Å². The van der Waals surface area contributed by atoms with Crippen molar-refractivity contribution in [2.75, 3.05) is 13.1 Å². The summed E-state index contributed by atoms with van der Waals surface area (Å²) in [5, 5.41) is 8.00. The van der Waals surface area contributed by atoms with Crippen molar-refractivity contribution in [3.8, 4) is 0 Å². The number of amides is 1. The van der Waals surface area contributed by atoms with Gasteiger partial charge in [0.25, 0.3) is 0 Å². The van der Waals surface area contributed by atoms with Crippen molar-refractivity contribution < 1.29 is 13.2 Å². The molecule has 1 amide bonds. The maximum Gasteiger partial charge on any atom is 0.238 e. The lowest BCUT2D eigenvalue weighted by atomic mass is 9.91. The van der Waals surface area contributed by atoms with Crippen molar-refractivity contribution in [2.24, 2.45) is 17.0 Å². The minimum atomic E-state index is -3.72. The Balaban J connectivity index is 1.47. The van der Waals surface area contributed by atoms with Gasteiger partial charge >= 0.3 is 0 Å². The summed E-state index contributed by atoms with van der Waals surface area (Å²) in [6, 6.07) is 14.4. The lowest BCUT2D eigenvalue weighted by molar-refractivity contribution is -0.120. The highest BCUT2D eigenvalue weighted by molar-refractivity contribution is 7.89. The van der Waals surface area contributed by atoms with Crippen LogP contribution in [0.25, 0.3) is 0 Å². The highest BCUT2D eigenvalue weighted by atomic mass is 32.2. The number of piperidine rings is 1. The Hall–Kier alpha value is -2.22. The van der Waals surface area contributed by atoms with Gasteiger partial charge in [0.15, 0.2) is 0 Å². The maximum absolute atomic E-state index is 12.2. The average molecular weight is 430 g/mol. The molecule has 1 saturated heterocycles. The lowest BCUT2D eigenvalue weighted by Gasteiger charge is -2.35. The number of sulfonamides is 1. The fraction of sp³-hybridized carbons (Fsp3) is 0.435. The first-order valence-corrected chi connectivity index (χ1v) is 11.9. The van der Waals surface area contributed by atoms with Crippen molar-refractivity contribution in [1.29, 1.82) is 0 Å². The molecule has 0 aromatic heterocycles. The Kier molecular flexibility index (Phi) is 7.28. The quantitative estimate of drug-likeness (QED) is 0.708. The third kappa shape index (κ3) is 6.65. The standard InChI is InChI=1S/C23H31N3O3S/c1-17-11-18(2)15-26(14-17)16-21-5-3-20(4-6-21)13-25-23(27)12-19-7-9-22(10-8-19)30(24,28)29/h3-10,17-18H,11-16H2,1-2H3,(H,25,27)(H2,24,28,29). The predicted molar refractivity (Wildman–Crippen MR) is 118 cm³/mol. The molecule has 3 N–H and O–H groups in total. The fourth-order valence-corrected chi connectivity index (χ4v) is 4.70. The minimum Gasteiger partial charge on any atom is -0.352 e. The van der Waals surface area contributed by atoms with Crippen LogP contribution in [0.5, 0.6) is 0 Å². The molecule has 6 nitrogen and oxygen atoms in total. The summed E-state index contributed by atoms with van der Waals surface area (Å²) >= 11 is 0. The molecule has 1 fully saturated rings. The first-order chi connectivity index (χ1) is 14.2. The Morgan fingerprint density at radius 3 is 2.07 bits per heavy atom. The molecule has 0 spiro atoms. The average Bonchev–Trinajstić information content (AvgIpc) is 2.66. The summed E-state index contributed by atoms with van der Waals surface area (Å²) in [6.07, 6.45) is 1.50. The van der Waals surface area contributed by atoms with Crippen molar-refractivity contribution in [3.63, 3.8) is 0 Å². The molecule has 30 heavy (non-hydrogen) atoms. The molecule has 2 atom stereocenters. The zero-order chi connectivity index (χ0) is 21.7. The van der Waals surface area contributed by atoms with E-state index in [-0.39, 0.29) is 17.2 Å². The SMILES string of the molecule is CC1CC(C)CN(Cc2ccc(CNC(=O)Cc3ccc(S(N)(=O)=O)cc3)cc2)C1. The van der Waals surface area contributed by atoms with Crippen LogP contribution in [0, 0.1) is 11.8 Å². The lowest BCUT2D eigenvalue weighted by Crippen LogP contribution is -2.38. The van der Waals surface area contributed by atoms with Gasteiger partial charge < -0.3 is 5.32 Å². The minimum absolute atomic E-state index is 0.0419. The number of hydrogen-bond acceptors (Lipinski definition) is 4. The molecule has 0 saturated carbocycles. The van der Waals surface area contributed by atoms with Gasteiger partial charge in [-0.25, -0.2) is 13.6 Å². The van der Waals surface area contributed by atoms with Crippen molar-refractivity contribution in [1.82, 2.24) is 10.2 Å². The number of likely N-dealkylation sites (tertiary alicyclic amines) is 1. The van der Waals surface area contributed by atoms with Crippen LogP contribution in [0.1, 0.15) is 37.0 Å². The number of benzene rings is 2. The second-order valence-electron chi connectivity index (χ2n) is 8.60. The van der Waals surface area contributed by atoms with E-state index in [0.29, 0.717) is 6.54 Å². The largest absolute Gasteiger partial charge is 0.352 e. The Labute approximate surface area is 179 Å². The van der Waals surface area contributed by atoms with Gasteiger partial charge in [-0.15, -0.1) is 0 Å². The fourth-order valence-electron chi connectivity index (χ4n) is 4.19. The smallest absolute Gasteiger partial charge is 0.238 e. The molecule has 7 heteroatoms. The summed E-state index contributed by atoms with van der Waals surface area (Å²) in [7, 11) is -3.72. The zero-order valence-electron chi connectivity index (χ0n) is 17.7. The van der Waals surface area contributed by atoms with Gasteiger partial charge in [-0.05, 0) is 47.1 Å². The molecule has 162 valence electrons. The number of carbonyl (C=O) groups excluding carboxylic acids is 1. The summed E-state index contributed by atoms with van der Waals surface area (Å²) in [5.74, 6) is 1.39. The normalized spacial score (nSPS) is 20.1. The van der Waals surface area contributed by atoms with Gasteiger partial charge in [-0.3, -0.25) is 9.69 Å². The molecule has 1 heterocycles. The van der Waals surface area contributed by atoms with E-state index in [4.69, 9.17) is 5.14 Å². The van der Waals surface area contributed by atoms with Crippen LogP contribution in [-0.2, 0) is 34.3 Å². The molecule has 0 radical (unpaired) electrons. The first kappa shape index (κ1) is 22.5. The highest BCUT2D eigenvalue weighted by Crippen LogP contribution is 2.22. The third-order valence-corrected chi connectivity index (χ3v) is 6.41. The van der Waals surface area contributed by atoms with Crippen LogP contribution in [0.15, 0.2) is 53.4 Å². The van der Waals surface area contributed by atoms with E-state index in [1.165, 1.54) is 24.1 Å². The molecule has 2 aromatic carbocycles. The van der Waals surface area contributed by atoms with Crippen molar-refractivity contribution in [3.05, 3.63) is 65.2 Å². The molecule has 1 aliphatic heterocycles. The van der Waals surface area contributed by atoms with Crippen LogP contribution in [-0.4, -0.2) is 32.3 Å². The number of rotatable bonds is 7. The van der Waals surface area contributed by atoms with Gasteiger partial charge in [0, 0.05) is 26.2 Å². The second kappa shape index (κ2) is 9.73. The predicted octanol–water partition coefficient (Wildman–Crippen LogP) is 2.67. The maximum atomic E-state index is 12.2. The number of hydrogen-bond donors (Lipinski definition) is 2. The monoisotopic (exact) mass is 429 g/mol. The van der Waals surface area contributed by atoms with E-state index >= 15 is 0 Å². The number of nitrogens with zero attached hydrogens (tertiary/aromatic N) is 1. The van der Waals surface area contributed by atoms with Gasteiger partial charge in [0.05, 0.1) is 11.3 Å².